The molecule has 0 aliphatic carbocycles. The van der Waals surface area contributed by atoms with Gasteiger partial charge in [0.2, 0.25) is 0 Å². The van der Waals surface area contributed by atoms with Gasteiger partial charge in [0, 0.05) is 19.0 Å². The molecule has 0 bridgehead atoms. The summed E-state index contributed by atoms with van der Waals surface area (Å²) >= 11 is 1.52. The summed E-state index contributed by atoms with van der Waals surface area (Å²) in [6.45, 7) is 0.349. The lowest BCUT2D eigenvalue weighted by Gasteiger charge is -2.11. The third-order valence-electron chi connectivity index (χ3n) is 2.67. The van der Waals surface area contributed by atoms with Crippen molar-refractivity contribution in [1.82, 2.24) is 10.3 Å². The summed E-state index contributed by atoms with van der Waals surface area (Å²) in [4.78, 5) is 30.4. The second-order valence-electron chi connectivity index (χ2n) is 4.52. The van der Waals surface area contributed by atoms with Crippen LogP contribution in [0.1, 0.15) is 4.88 Å². The molecule has 0 atom stereocenters. The molecule has 0 aromatic carbocycles. The highest BCUT2D eigenvalue weighted by molar-refractivity contribution is 7.09. The van der Waals surface area contributed by atoms with Crippen LogP contribution in [0.25, 0.3) is 0 Å². The van der Waals surface area contributed by atoms with Crippen molar-refractivity contribution in [1.29, 1.82) is 0 Å². The number of hydrogen-bond acceptors (Lipinski definition) is 5. The number of hydrogen-bond donors (Lipinski definition) is 2. The number of aromatic nitrogens is 1. The Kier molecular flexibility index (Phi) is 4.89. The Morgan fingerprint density at radius 1 is 1.24 bits per heavy atom. The first-order valence-corrected chi connectivity index (χ1v) is 7.19. The molecule has 2 N–H and O–H groups in total. The van der Waals surface area contributed by atoms with E-state index in [2.05, 4.69) is 15.6 Å². The third-order valence-corrected chi connectivity index (χ3v) is 3.55. The number of thiophene rings is 1. The van der Waals surface area contributed by atoms with Gasteiger partial charge in [-0.05, 0) is 23.6 Å². The van der Waals surface area contributed by atoms with Crippen molar-refractivity contribution in [2.75, 3.05) is 24.3 Å². The van der Waals surface area contributed by atoms with Gasteiger partial charge in [-0.15, -0.1) is 11.3 Å². The molecule has 2 aromatic heterocycles. The quantitative estimate of drug-likeness (QED) is 0.839. The van der Waals surface area contributed by atoms with Crippen molar-refractivity contribution in [3.63, 3.8) is 0 Å². The summed E-state index contributed by atoms with van der Waals surface area (Å²) < 4.78 is 0. The Balaban J connectivity index is 1.86. The van der Waals surface area contributed by atoms with Gasteiger partial charge in [0.25, 0.3) is 0 Å². The SMILES string of the molecule is CN(C)c1ccc(NC(=O)C(=O)NCc2cccs2)cn1. The summed E-state index contributed by atoms with van der Waals surface area (Å²) in [5, 5.41) is 6.99. The molecule has 0 aliphatic rings. The Bertz CT molecular complexity index is 608. The molecule has 2 rings (SSSR count). The van der Waals surface area contributed by atoms with Crippen LogP contribution < -0.4 is 15.5 Å². The fourth-order valence-electron chi connectivity index (χ4n) is 1.57. The van der Waals surface area contributed by atoms with Gasteiger partial charge < -0.3 is 15.5 Å². The van der Waals surface area contributed by atoms with Gasteiger partial charge in [0.15, 0.2) is 0 Å². The maximum Gasteiger partial charge on any atom is 0.313 e. The predicted octanol–water partition coefficient (Wildman–Crippen LogP) is 1.46. The van der Waals surface area contributed by atoms with Crippen molar-refractivity contribution in [2.24, 2.45) is 0 Å². The fraction of sp³-hybridized carbons (Fsp3) is 0.214. The monoisotopic (exact) mass is 304 g/mol. The van der Waals surface area contributed by atoms with Crippen LogP contribution in [0, 0.1) is 0 Å². The fourth-order valence-corrected chi connectivity index (χ4v) is 2.22. The minimum atomic E-state index is -0.703. The van der Waals surface area contributed by atoms with Crippen molar-refractivity contribution in [3.8, 4) is 0 Å². The zero-order valence-electron chi connectivity index (χ0n) is 11.8. The van der Waals surface area contributed by atoms with Crippen LogP contribution >= 0.6 is 11.3 Å². The van der Waals surface area contributed by atoms with Crippen LogP contribution in [-0.2, 0) is 16.1 Å². The number of nitrogens with zero attached hydrogens (tertiary/aromatic N) is 2. The van der Waals surface area contributed by atoms with Gasteiger partial charge in [-0.1, -0.05) is 6.07 Å². The summed E-state index contributed by atoms with van der Waals surface area (Å²) in [5.41, 5.74) is 0.483. The molecule has 0 aliphatic heterocycles. The number of pyridine rings is 1. The molecule has 0 unspecified atom stereocenters. The van der Waals surface area contributed by atoms with E-state index in [0.717, 1.165) is 10.7 Å². The third kappa shape index (κ3) is 4.28. The minimum absolute atomic E-state index is 0.349. The average molecular weight is 304 g/mol. The van der Waals surface area contributed by atoms with E-state index in [9.17, 15) is 9.59 Å². The van der Waals surface area contributed by atoms with Crippen molar-refractivity contribution in [3.05, 3.63) is 40.7 Å². The molecule has 21 heavy (non-hydrogen) atoms. The second-order valence-corrected chi connectivity index (χ2v) is 5.55. The van der Waals surface area contributed by atoms with Gasteiger partial charge in [0.1, 0.15) is 5.82 Å². The molecule has 0 spiro atoms. The Morgan fingerprint density at radius 2 is 2.05 bits per heavy atom. The highest BCUT2D eigenvalue weighted by atomic mass is 32.1. The number of nitrogens with one attached hydrogen (secondary N) is 2. The number of carbonyl (C=O) groups excluding carboxylic acids is 2. The number of rotatable bonds is 4. The van der Waals surface area contributed by atoms with Crippen LogP contribution in [0.15, 0.2) is 35.8 Å². The van der Waals surface area contributed by atoms with E-state index in [0.29, 0.717) is 12.2 Å². The molecular formula is C14H16N4O2S. The molecule has 110 valence electrons. The smallest absolute Gasteiger partial charge is 0.313 e. The van der Waals surface area contributed by atoms with E-state index < -0.39 is 11.8 Å². The van der Waals surface area contributed by atoms with Gasteiger partial charge in [-0.3, -0.25) is 9.59 Å². The summed E-state index contributed by atoms with van der Waals surface area (Å²) in [6.07, 6.45) is 1.51. The van der Waals surface area contributed by atoms with Crippen LogP contribution in [0.4, 0.5) is 11.5 Å². The molecule has 0 saturated heterocycles. The molecule has 2 heterocycles. The largest absolute Gasteiger partial charge is 0.363 e. The van der Waals surface area contributed by atoms with E-state index in [1.165, 1.54) is 17.5 Å². The first kappa shape index (κ1) is 15.0. The second kappa shape index (κ2) is 6.85. The lowest BCUT2D eigenvalue weighted by molar-refractivity contribution is -0.136. The minimum Gasteiger partial charge on any atom is -0.363 e. The maximum absolute atomic E-state index is 11.7. The molecule has 2 aromatic rings. The van der Waals surface area contributed by atoms with E-state index >= 15 is 0 Å². The van der Waals surface area contributed by atoms with Gasteiger partial charge >= 0.3 is 11.8 Å². The molecule has 2 amide bonds. The van der Waals surface area contributed by atoms with Crippen LogP contribution in [0.2, 0.25) is 0 Å². The van der Waals surface area contributed by atoms with Crippen LogP contribution in [-0.4, -0.2) is 30.9 Å². The zero-order valence-corrected chi connectivity index (χ0v) is 12.6. The van der Waals surface area contributed by atoms with Crippen molar-refractivity contribution in [2.45, 2.75) is 6.54 Å². The van der Waals surface area contributed by atoms with Crippen molar-refractivity contribution >= 4 is 34.7 Å². The van der Waals surface area contributed by atoms with E-state index in [-0.39, 0.29) is 0 Å². The lowest BCUT2D eigenvalue weighted by Crippen LogP contribution is -2.34. The van der Waals surface area contributed by atoms with E-state index in [1.807, 2.05) is 36.5 Å². The molecule has 6 nitrogen and oxygen atoms in total. The molecule has 0 fully saturated rings. The number of amides is 2. The average Bonchev–Trinajstić information content (AvgIpc) is 2.98. The van der Waals surface area contributed by atoms with Gasteiger partial charge in [-0.2, -0.15) is 0 Å². The lowest BCUT2D eigenvalue weighted by atomic mass is 10.3. The van der Waals surface area contributed by atoms with Crippen LogP contribution in [0.5, 0.6) is 0 Å². The molecule has 7 heteroatoms. The number of carbonyl (C=O) groups is 2. The maximum atomic E-state index is 11.7. The molecule has 0 saturated carbocycles. The highest BCUT2D eigenvalue weighted by Gasteiger charge is 2.13. The molecular weight excluding hydrogens is 288 g/mol. The van der Waals surface area contributed by atoms with E-state index in [1.54, 1.807) is 12.1 Å². The van der Waals surface area contributed by atoms with E-state index in [4.69, 9.17) is 0 Å². The first-order valence-electron chi connectivity index (χ1n) is 6.31. The zero-order chi connectivity index (χ0) is 15.2. The summed E-state index contributed by atoms with van der Waals surface area (Å²) in [7, 11) is 3.75. The Labute approximate surface area is 126 Å². The van der Waals surface area contributed by atoms with Gasteiger partial charge in [0.05, 0.1) is 18.4 Å². The van der Waals surface area contributed by atoms with Crippen molar-refractivity contribution < 1.29 is 9.59 Å². The number of anilines is 2. The Morgan fingerprint density at radius 3 is 2.62 bits per heavy atom. The summed E-state index contributed by atoms with van der Waals surface area (Å²) in [5.74, 6) is -0.596. The predicted molar refractivity (Wildman–Crippen MR) is 83.4 cm³/mol. The standard InChI is InChI=1S/C14H16N4O2S/c1-18(2)12-6-5-10(8-15-12)17-14(20)13(19)16-9-11-4-3-7-21-11/h3-8H,9H2,1-2H3,(H,16,19)(H,17,20). The van der Waals surface area contributed by atoms with Gasteiger partial charge in [-0.25, -0.2) is 4.98 Å². The topological polar surface area (TPSA) is 74.3 Å². The summed E-state index contributed by atoms with van der Waals surface area (Å²) in [6, 6.07) is 7.25. The van der Waals surface area contributed by atoms with Crippen LogP contribution in [0.3, 0.4) is 0 Å². The Hall–Kier alpha value is -2.41. The molecule has 0 radical (unpaired) electrons. The normalized spacial score (nSPS) is 10.0. The first-order chi connectivity index (χ1) is 10.1. The highest BCUT2D eigenvalue weighted by Crippen LogP contribution is 2.11.